The van der Waals surface area contributed by atoms with Crippen molar-refractivity contribution in [2.24, 2.45) is 0 Å². The molecule has 0 bridgehead atoms. The van der Waals surface area contributed by atoms with Gasteiger partial charge in [0.15, 0.2) is 5.65 Å². The molecule has 7 nitrogen and oxygen atoms in total. The highest BCUT2D eigenvalue weighted by atomic mass is 35.5. The van der Waals surface area contributed by atoms with E-state index in [0.29, 0.717) is 28.4 Å². The van der Waals surface area contributed by atoms with Crippen molar-refractivity contribution < 1.29 is 9.53 Å². The molecule has 0 aliphatic heterocycles. The summed E-state index contributed by atoms with van der Waals surface area (Å²) in [6.07, 6.45) is 4.38. The van der Waals surface area contributed by atoms with Gasteiger partial charge in [-0.15, -0.1) is 0 Å². The second kappa shape index (κ2) is 6.09. The Morgan fingerprint density at radius 2 is 2.24 bits per heavy atom. The summed E-state index contributed by atoms with van der Waals surface area (Å²) in [5.41, 5.74) is 0.662. The molecule has 21 heavy (non-hydrogen) atoms. The molecular weight excluding hydrogens is 294 g/mol. The van der Waals surface area contributed by atoms with Gasteiger partial charge in [-0.25, -0.2) is 14.8 Å². The number of H-pyrrole nitrogens is 1. The van der Waals surface area contributed by atoms with Gasteiger partial charge in [-0.1, -0.05) is 17.7 Å². The van der Waals surface area contributed by atoms with E-state index < -0.39 is 11.7 Å². The number of amides is 1. The van der Waals surface area contributed by atoms with Crippen LogP contribution in [0.5, 0.6) is 0 Å². The van der Waals surface area contributed by atoms with Gasteiger partial charge in [0.25, 0.3) is 0 Å². The highest BCUT2D eigenvalue weighted by Crippen LogP contribution is 2.21. The van der Waals surface area contributed by atoms with Crippen LogP contribution in [0, 0.1) is 0 Å². The highest BCUT2D eigenvalue weighted by molar-refractivity contribution is 6.34. The summed E-state index contributed by atoms with van der Waals surface area (Å²) in [7, 11) is 0. The summed E-state index contributed by atoms with van der Waals surface area (Å²) < 4.78 is 5.12. The van der Waals surface area contributed by atoms with Crippen molar-refractivity contribution in [3.05, 3.63) is 23.3 Å². The molecule has 0 fully saturated rings. The van der Waals surface area contributed by atoms with Gasteiger partial charge in [0.1, 0.15) is 17.1 Å². The lowest BCUT2D eigenvalue weighted by Crippen LogP contribution is -2.32. The van der Waals surface area contributed by atoms with Gasteiger partial charge in [0, 0.05) is 6.54 Å². The van der Waals surface area contributed by atoms with Crippen molar-refractivity contribution >= 4 is 34.8 Å². The van der Waals surface area contributed by atoms with Crippen molar-refractivity contribution in [1.82, 2.24) is 25.5 Å². The van der Waals surface area contributed by atoms with Crippen LogP contribution in [0.4, 0.5) is 4.79 Å². The van der Waals surface area contributed by atoms with E-state index in [1.807, 2.05) is 0 Å². The molecular formula is C13H16ClN5O2. The Morgan fingerprint density at radius 3 is 2.95 bits per heavy atom. The molecule has 8 heteroatoms. The number of carbonyl (C=O) groups is 1. The van der Waals surface area contributed by atoms with Crippen LogP contribution in [0.3, 0.4) is 0 Å². The summed E-state index contributed by atoms with van der Waals surface area (Å²) in [6, 6.07) is 0. The SMILES string of the molecule is CC(C)(C)OC(=O)NCC=Cc1[nH]nc2ncnc(Cl)c12. The molecule has 1 amide bonds. The number of halogens is 1. The van der Waals surface area contributed by atoms with Crippen LogP contribution < -0.4 is 5.32 Å². The molecule has 0 aliphatic carbocycles. The summed E-state index contributed by atoms with van der Waals surface area (Å²) in [5, 5.41) is 10.4. The molecule has 0 unspecified atom stereocenters. The maximum absolute atomic E-state index is 11.5. The third-order valence-corrected chi connectivity index (χ3v) is 2.67. The maximum atomic E-state index is 11.5. The first-order chi connectivity index (χ1) is 9.87. The zero-order valence-electron chi connectivity index (χ0n) is 12.0. The number of alkyl carbamates (subject to hydrolysis) is 1. The van der Waals surface area contributed by atoms with Gasteiger partial charge < -0.3 is 10.1 Å². The van der Waals surface area contributed by atoms with Gasteiger partial charge in [-0.3, -0.25) is 5.10 Å². The van der Waals surface area contributed by atoms with Crippen LogP contribution in [-0.4, -0.2) is 38.4 Å². The third-order valence-electron chi connectivity index (χ3n) is 2.38. The van der Waals surface area contributed by atoms with E-state index in [4.69, 9.17) is 16.3 Å². The Labute approximate surface area is 126 Å². The van der Waals surface area contributed by atoms with Gasteiger partial charge in [0.2, 0.25) is 0 Å². The van der Waals surface area contributed by atoms with Crippen LogP contribution in [0.1, 0.15) is 26.5 Å². The molecule has 2 heterocycles. The topological polar surface area (TPSA) is 92.8 Å². The predicted octanol–water partition coefficient (Wildman–Crippen LogP) is 2.54. The fraction of sp³-hybridized carbons (Fsp3) is 0.385. The third kappa shape index (κ3) is 4.16. The minimum Gasteiger partial charge on any atom is -0.444 e. The fourth-order valence-electron chi connectivity index (χ4n) is 1.59. The number of aromatic amines is 1. The molecule has 0 radical (unpaired) electrons. The van der Waals surface area contributed by atoms with E-state index in [0.717, 1.165) is 0 Å². The number of nitrogens with one attached hydrogen (secondary N) is 2. The first-order valence-electron chi connectivity index (χ1n) is 6.35. The summed E-state index contributed by atoms with van der Waals surface area (Å²) in [5.74, 6) is 0. The Balaban J connectivity index is 1.97. The molecule has 2 rings (SSSR count). The van der Waals surface area contributed by atoms with Crippen LogP contribution in [0.25, 0.3) is 17.1 Å². The number of carbonyl (C=O) groups excluding carboxylic acids is 1. The van der Waals surface area contributed by atoms with Crippen LogP contribution in [0.2, 0.25) is 5.15 Å². The largest absolute Gasteiger partial charge is 0.444 e. The molecule has 0 saturated carbocycles. The Bertz CT molecular complexity index is 675. The lowest BCUT2D eigenvalue weighted by molar-refractivity contribution is 0.0534. The number of rotatable bonds is 3. The number of ether oxygens (including phenoxy) is 1. The van der Waals surface area contributed by atoms with E-state index in [-0.39, 0.29) is 0 Å². The van der Waals surface area contributed by atoms with Crippen molar-refractivity contribution in [3.63, 3.8) is 0 Å². The average molecular weight is 310 g/mol. The summed E-state index contributed by atoms with van der Waals surface area (Å²) in [4.78, 5) is 19.4. The van der Waals surface area contributed by atoms with Crippen molar-refractivity contribution in [2.45, 2.75) is 26.4 Å². The molecule has 2 N–H and O–H groups in total. The number of fused-ring (bicyclic) bond motifs is 1. The molecule has 2 aromatic rings. The standard InChI is InChI=1S/C13H16ClN5O2/c1-13(2,3)21-12(20)15-6-4-5-8-9-10(14)16-7-17-11(9)19-18-8/h4-5,7H,6H2,1-3H3,(H,15,20)(H,16,17,18,19). The number of hydrogen-bond acceptors (Lipinski definition) is 5. The van der Waals surface area contributed by atoms with Crippen LogP contribution in [-0.2, 0) is 4.74 Å². The van der Waals surface area contributed by atoms with Gasteiger partial charge in [-0.2, -0.15) is 5.10 Å². The zero-order valence-corrected chi connectivity index (χ0v) is 12.7. The average Bonchev–Trinajstić information content (AvgIpc) is 2.77. The summed E-state index contributed by atoms with van der Waals surface area (Å²) in [6.45, 7) is 5.74. The van der Waals surface area contributed by atoms with E-state index in [1.54, 1.807) is 32.9 Å². The van der Waals surface area contributed by atoms with E-state index in [1.165, 1.54) is 6.33 Å². The molecule has 0 atom stereocenters. The Kier molecular flexibility index (Phi) is 4.42. The molecule has 112 valence electrons. The minimum absolute atomic E-state index is 0.320. The first-order valence-corrected chi connectivity index (χ1v) is 6.72. The minimum atomic E-state index is -0.516. The number of aromatic nitrogens is 4. The Morgan fingerprint density at radius 1 is 1.48 bits per heavy atom. The number of nitrogens with zero attached hydrogens (tertiary/aromatic N) is 3. The first kappa shape index (κ1) is 15.2. The number of hydrogen-bond donors (Lipinski definition) is 2. The smallest absolute Gasteiger partial charge is 0.407 e. The van der Waals surface area contributed by atoms with Crippen LogP contribution >= 0.6 is 11.6 Å². The highest BCUT2D eigenvalue weighted by Gasteiger charge is 2.15. The predicted molar refractivity (Wildman–Crippen MR) is 80.0 cm³/mol. The van der Waals surface area contributed by atoms with Crippen molar-refractivity contribution in [3.8, 4) is 0 Å². The van der Waals surface area contributed by atoms with Crippen molar-refractivity contribution in [1.29, 1.82) is 0 Å². The lowest BCUT2D eigenvalue weighted by Gasteiger charge is -2.19. The van der Waals surface area contributed by atoms with E-state index in [2.05, 4.69) is 25.5 Å². The second-order valence-electron chi connectivity index (χ2n) is 5.29. The molecule has 0 aliphatic rings. The zero-order chi connectivity index (χ0) is 15.5. The molecule has 0 saturated heterocycles. The summed E-state index contributed by atoms with van der Waals surface area (Å²) >= 11 is 6.00. The van der Waals surface area contributed by atoms with E-state index >= 15 is 0 Å². The maximum Gasteiger partial charge on any atom is 0.407 e. The second-order valence-corrected chi connectivity index (χ2v) is 5.64. The van der Waals surface area contributed by atoms with Gasteiger partial charge in [-0.05, 0) is 26.8 Å². The Hall–Kier alpha value is -2.15. The molecule has 2 aromatic heterocycles. The quantitative estimate of drug-likeness (QED) is 0.850. The van der Waals surface area contributed by atoms with Crippen molar-refractivity contribution in [2.75, 3.05) is 6.54 Å². The van der Waals surface area contributed by atoms with Gasteiger partial charge in [0.05, 0.1) is 11.1 Å². The monoisotopic (exact) mass is 309 g/mol. The molecule has 0 aromatic carbocycles. The normalized spacial score (nSPS) is 12.0. The van der Waals surface area contributed by atoms with E-state index in [9.17, 15) is 4.79 Å². The van der Waals surface area contributed by atoms with Crippen LogP contribution in [0.15, 0.2) is 12.4 Å². The molecule has 0 spiro atoms. The fourth-order valence-corrected chi connectivity index (χ4v) is 1.82. The van der Waals surface area contributed by atoms with Gasteiger partial charge >= 0.3 is 6.09 Å². The lowest BCUT2D eigenvalue weighted by atomic mass is 10.2.